The Labute approximate surface area is 66.2 Å². The maximum absolute atomic E-state index is 12.6. The van der Waals surface area contributed by atoms with E-state index < -0.39 is 29.0 Å². The molecule has 66 valence electrons. The lowest BCUT2D eigenvalue weighted by molar-refractivity contribution is 0.338. The quantitative estimate of drug-likeness (QED) is 0.664. The van der Waals surface area contributed by atoms with Gasteiger partial charge in [0.1, 0.15) is 0 Å². The molecule has 0 atom stereocenters. The minimum atomic E-state index is -1.65. The van der Waals surface area contributed by atoms with Gasteiger partial charge in [-0.2, -0.15) is 8.78 Å². The molecule has 0 spiro atoms. The summed E-state index contributed by atoms with van der Waals surface area (Å²) in [5, 5.41) is 8.56. The molecule has 0 saturated heterocycles. The summed E-state index contributed by atoms with van der Waals surface area (Å²) in [5.41, 5.74) is 0. The second-order valence-electron chi connectivity index (χ2n) is 2.04. The Kier molecular flexibility index (Phi) is 2.12. The summed E-state index contributed by atoms with van der Waals surface area (Å²) in [4.78, 5) is 0. The lowest BCUT2D eigenvalue weighted by Crippen LogP contribution is -1.94. The Morgan fingerprint density at radius 3 is 2.33 bits per heavy atom. The van der Waals surface area contributed by atoms with Crippen LogP contribution >= 0.6 is 0 Å². The molecule has 0 aliphatic rings. The average Bonchev–Trinajstić information content (AvgIpc) is 2.08. The number of hydrogen-bond acceptors (Lipinski definition) is 2. The van der Waals surface area contributed by atoms with Crippen molar-refractivity contribution in [3.63, 3.8) is 0 Å². The fraction of sp³-hybridized carbons (Fsp3) is 0.143. The van der Waals surface area contributed by atoms with E-state index in [2.05, 4.69) is 4.74 Å². The normalized spacial score (nSPS) is 10.0. The van der Waals surface area contributed by atoms with Crippen LogP contribution in [0.15, 0.2) is 6.07 Å². The van der Waals surface area contributed by atoms with Crippen molar-refractivity contribution in [2.45, 2.75) is 0 Å². The van der Waals surface area contributed by atoms with Crippen LogP contribution in [0.1, 0.15) is 0 Å². The second-order valence-corrected chi connectivity index (χ2v) is 2.04. The molecule has 0 fully saturated rings. The molecule has 12 heavy (non-hydrogen) atoms. The zero-order valence-electron chi connectivity index (χ0n) is 6.07. The van der Waals surface area contributed by atoms with Crippen LogP contribution in [0.2, 0.25) is 0 Å². The van der Waals surface area contributed by atoms with Gasteiger partial charge in [-0.3, -0.25) is 0 Å². The van der Waals surface area contributed by atoms with Crippen molar-refractivity contribution >= 4 is 0 Å². The van der Waals surface area contributed by atoms with E-state index in [1.54, 1.807) is 0 Å². The van der Waals surface area contributed by atoms with Crippen LogP contribution in [0.5, 0.6) is 11.5 Å². The van der Waals surface area contributed by atoms with E-state index in [1.165, 1.54) is 0 Å². The standard InChI is InChI=1S/C7H5F3O2/c1-12-4-2-3(8)7(11)6(10)5(4)9/h2,11H,1H3. The Bertz CT molecular complexity index is 312. The lowest BCUT2D eigenvalue weighted by Gasteiger charge is -2.03. The molecule has 0 aromatic heterocycles. The summed E-state index contributed by atoms with van der Waals surface area (Å²) in [6.45, 7) is 0. The Morgan fingerprint density at radius 1 is 1.25 bits per heavy atom. The third-order valence-corrected chi connectivity index (χ3v) is 1.32. The van der Waals surface area contributed by atoms with Gasteiger partial charge in [0.05, 0.1) is 7.11 Å². The maximum Gasteiger partial charge on any atom is 0.207 e. The van der Waals surface area contributed by atoms with Crippen LogP contribution in [-0.2, 0) is 0 Å². The zero-order valence-corrected chi connectivity index (χ0v) is 6.07. The SMILES string of the molecule is COc1cc(F)c(O)c(F)c1F. The molecule has 1 aromatic rings. The third-order valence-electron chi connectivity index (χ3n) is 1.32. The first-order chi connectivity index (χ1) is 5.57. The molecule has 0 heterocycles. The van der Waals surface area contributed by atoms with E-state index in [0.717, 1.165) is 7.11 Å². The van der Waals surface area contributed by atoms with Gasteiger partial charge in [-0.05, 0) is 0 Å². The minimum Gasteiger partial charge on any atom is -0.503 e. The van der Waals surface area contributed by atoms with Gasteiger partial charge in [0.25, 0.3) is 0 Å². The minimum absolute atomic E-state index is 0.563. The van der Waals surface area contributed by atoms with E-state index in [9.17, 15) is 13.2 Å². The predicted molar refractivity (Wildman–Crippen MR) is 34.5 cm³/mol. The van der Waals surface area contributed by atoms with Gasteiger partial charge in [-0.25, -0.2) is 4.39 Å². The van der Waals surface area contributed by atoms with Crippen molar-refractivity contribution in [2.75, 3.05) is 7.11 Å². The molecule has 0 aliphatic carbocycles. The largest absolute Gasteiger partial charge is 0.503 e. The highest BCUT2D eigenvalue weighted by Gasteiger charge is 2.18. The molecule has 0 aliphatic heterocycles. The molecule has 5 heteroatoms. The molecule has 0 unspecified atom stereocenters. The monoisotopic (exact) mass is 178 g/mol. The first-order valence-electron chi connectivity index (χ1n) is 2.98. The topological polar surface area (TPSA) is 29.5 Å². The number of hydrogen-bond donors (Lipinski definition) is 1. The Balaban J connectivity index is 3.39. The second kappa shape index (κ2) is 2.92. The van der Waals surface area contributed by atoms with Crippen molar-refractivity contribution in [3.05, 3.63) is 23.5 Å². The van der Waals surface area contributed by atoms with Crippen LogP contribution in [0.25, 0.3) is 0 Å². The van der Waals surface area contributed by atoms with Crippen LogP contribution < -0.4 is 4.74 Å². The average molecular weight is 178 g/mol. The van der Waals surface area contributed by atoms with Gasteiger partial charge in [-0.1, -0.05) is 0 Å². The van der Waals surface area contributed by atoms with E-state index in [1.807, 2.05) is 0 Å². The number of rotatable bonds is 1. The van der Waals surface area contributed by atoms with Crippen molar-refractivity contribution in [3.8, 4) is 11.5 Å². The van der Waals surface area contributed by atoms with Gasteiger partial charge >= 0.3 is 0 Å². The molecule has 0 radical (unpaired) electrons. The van der Waals surface area contributed by atoms with Crippen molar-refractivity contribution in [1.82, 2.24) is 0 Å². The fourth-order valence-corrected chi connectivity index (χ4v) is 0.712. The summed E-state index contributed by atoms with van der Waals surface area (Å²) in [7, 11) is 1.06. The number of ether oxygens (including phenoxy) is 1. The van der Waals surface area contributed by atoms with Crippen LogP contribution in [0.3, 0.4) is 0 Å². The summed E-state index contributed by atoms with van der Waals surface area (Å²) in [6.07, 6.45) is 0. The zero-order chi connectivity index (χ0) is 9.30. The van der Waals surface area contributed by atoms with Gasteiger partial charge in [0.2, 0.25) is 11.6 Å². The Hall–Kier alpha value is -1.39. The molecule has 0 bridgehead atoms. The van der Waals surface area contributed by atoms with Crippen LogP contribution in [0, 0.1) is 17.5 Å². The van der Waals surface area contributed by atoms with Crippen LogP contribution in [-0.4, -0.2) is 12.2 Å². The van der Waals surface area contributed by atoms with Gasteiger partial charge in [0.15, 0.2) is 17.3 Å². The summed E-state index contributed by atoms with van der Waals surface area (Å²) >= 11 is 0. The number of halogens is 3. The highest BCUT2D eigenvalue weighted by molar-refractivity contribution is 5.35. The van der Waals surface area contributed by atoms with Gasteiger partial charge in [0, 0.05) is 6.07 Å². The number of phenols is 1. The van der Waals surface area contributed by atoms with Gasteiger partial charge < -0.3 is 9.84 Å². The number of benzene rings is 1. The van der Waals surface area contributed by atoms with Crippen molar-refractivity contribution in [2.24, 2.45) is 0 Å². The summed E-state index contributed by atoms with van der Waals surface area (Å²) < 4.78 is 41.9. The molecule has 0 amide bonds. The van der Waals surface area contributed by atoms with E-state index in [0.29, 0.717) is 6.07 Å². The fourth-order valence-electron chi connectivity index (χ4n) is 0.712. The predicted octanol–water partition coefficient (Wildman–Crippen LogP) is 1.82. The molecular formula is C7H5F3O2. The lowest BCUT2D eigenvalue weighted by atomic mass is 10.3. The Morgan fingerprint density at radius 2 is 1.83 bits per heavy atom. The van der Waals surface area contributed by atoms with Gasteiger partial charge in [-0.15, -0.1) is 0 Å². The van der Waals surface area contributed by atoms with E-state index in [-0.39, 0.29) is 0 Å². The number of methoxy groups -OCH3 is 1. The highest BCUT2D eigenvalue weighted by atomic mass is 19.2. The number of phenolic OH excluding ortho intramolecular Hbond substituents is 1. The third kappa shape index (κ3) is 1.17. The van der Waals surface area contributed by atoms with E-state index in [4.69, 9.17) is 5.11 Å². The molecule has 0 saturated carbocycles. The molecule has 1 N–H and O–H groups in total. The first-order valence-corrected chi connectivity index (χ1v) is 2.98. The smallest absolute Gasteiger partial charge is 0.207 e. The maximum atomic E-state index is 12.6. The molecule has 1 rings (SSSR count). The summed E-state index contributed by atoms with van der Waals surface area (Å²) in [5.74, 6) is -6.23. The highest BCUT2D eigenvalue weighted by Crippen LogP contribution is 2.29. The summed E-state index contributed by atoms with van der Waals surface area (Å²) in [6, 6.07) is 0.563. The molecule has 2 nitrogen and oxygen atoms in total. The van der Waals surface area contributed by atoms with Crippen LogP contribution in [0.4, 0.5) is 13.2 Å². The first kappa shape index (κ1) is 8.70. The molecular weight excluding hydrogens is 173 g/mol. The molecule has 1 aromatic carbocycles. The van der Waals surface area contributed by atoms with Crippen molar-refractivity contribution in [1.29, 1.82) is 0 Å². The van der Waals surface area contributed by atoms with Crippen molar-refractivity contribution < 1.29 is 23.0 Å². The number of aromatic hydroxyl groups is 1. The van der Waals surface area contributed by atoms with E-state index >= 15 is 0 Å².